The van der Waals surface area contributed by atoms with E-state index in [0.29, 0.717) is 30.0 Å². The van der Waals surface area contributed by atoms with E-state index < -0.39 is 5.97 Å². The van der Waals surface area contributed by atoms with Crippen molar-refractivity contribution >= 4 is 11.9 Å². The molecule has 6 nitrogen and oxygen atoms in total. The first kappa shape index (κ1) is 18.3. The van der Waals surface area contributed by atoms with Crippen molar-refractivity contribution in [1.82, 2.24) is 5.32 Å². The molecule has 0 aliphatic carbocycles. The maximum Gasteiger partial charge on any atom is 0.338 e. The van der Waals surface area contributed by atoms with Gasteiger partial charge in [0.05, 0.1) is 32.5 Å². The lowest BCUT2D eigenvalue weighted by atomic mass is 10.1. The molecule has 2 rings (SSSR count). The van der Waals surface area contributed by atoms with E-state index in [2.05, 4.69) is 5.32 Å². The van der Waals surface area contributed by atoms with E-state index in [4.69, 9.17) is 14.2 Å². The number of ether oxygens (including phenoxy) is 3. The van der Waals surface area contributed by atoms with Gasteiger partial charge in [0.2, 0.25) is 0 Å². The van der Waals surface area contributed by atoms with Crippen LogP contribution >= 0.6 is 0 Å². The van der Waals surface area contributed by atoms with Crippen LogP contribution in [0.1, 0.15) is 26.3 Å². The molecule has 0 aromatic heterocycles. The first-order chi connectivity index (χ1) is 12.1. The first-order valence-corrected chi connectivity index (χ1v) is 7.77. The Morgan fingerprint density at radius 1 is 0.920 bits per heavy atom. The molecule has 0 saturated heterocycles. The lowest BCUT2D eigenvalue weighted by molar-refractivity contribution is 0.0596. The van der Waals surface area contributed by atoms with Crippen molar-refractivity contribution in [3.63, 3.8) is 0 Å². The summed E-state index contributed by atoms with van der Waals surface area (Å²) < 4.78 is 15.2. The number of methoxy groups -OCH3 is 3. The first-order valence-electron chi connectivity index (χ1n) is 7.77. The van der Waals surface area contributed by atoms with Gasteiger partial charge in [0.15, 0.2) is 11.5 Å². The van der Waals surface area contributed by atoms with E-state index in [0.717, 1.165) is 5.56 Å². The van der Waals surface area contributed by atoms with E-state index in [-0.39, 0.29) is 11.5 Å². The topological polar surface area (TPSA) is 73.9 Å². The number of esters is 1. The normalized spacial score (nSPS) is 10.0. The minimum atomic E-state index is -0.536. The molecule has 132 valence electrons. The van der Waals surface area contributed by atoms with Crippen LogP contribution in [0.3, 0.4) is 0 Å². The third kappa shape index (κ3) is 4.50. The molecule has 0 radical (unpaired) electrons. The van der Waals surface area contributed by atoms with E-state index in [1.807, 2.05) is 18.2 Å². The van der Waals surface area contributed by atoms with Crippen LogP contribution in [0.25, 0.3) is 0 Å². The van der Waals surface area contributed by atoms with Crippen molar-refractivity contribution in [3.8, 4) is 11.5 Å². The molecule has 2 aromatic carbocycles. The summed E-state index contributed by atoms with van der Waals surface area (Å²) in [4.78, 5) is 24.1. The molecule has 0 unspecified atom stereocenters. The molecular formula is C19H21NO5. The molecule has 0 saturated carbocycles. The summed E-state index contributed by atoms with van der Waals surface area (Å²) in [6.45, 7) is 0.420. The second kappa shape index (κ2) is 8.73. The zero-order valence-corrected chi connectivity index (χ0v) is 14.5. The van der Waals surface area contributed by atoms with Crippen molar-refractivity contribution in [2.45, 2.75) is 6.42 Å². The smallest absolute Gasteiger partial charge is 0.338 e. The minimum Gasteiger partial charge on any atom is -0.493 e. The average molecular weight is 343 g/mol. The minimum absolute atomic E-state index is 0.244. The molecule has 0 spiro atoms. The molecule has 0 aliphatic heterocycles. The monoisotopic (exact) mass is 343 g/mol. The van der Waals surface area contributed by atoms with Crippen molar-refractivity contribution in [3.05, 3.63) is 59.2 Å². The van der Waals surface area contributed by atoms with Gasteiger partial charge in [-0.15, -0.1) is 0 Å². The Bertz CT molecular complexity index is 757. The summed E-state index contributed by atoms with van der Waals surface area (Å²) in [5, 5.41) is 2.81. The number of carbonyl (C=O) groups is 2. The van der Waals surface area contributed by atoms with Gasteiger partial charge >= 0.3 is 5.97 Å². The Balaban J connectivity index is 2.01. The van der Waals surface area contributed by atoms with Crippen LogP contribution < -0.4 is 14.8 Å². The molecular weight excluding hydrogens is 322 g/mol. The Hall–Kier alpha value is -3.02. The largest absolute Gasteiger partial charge is 0.493 e. The maximum absolute atomic E-state index is 12.3. The standard InChI is InChI=1S/C19H21NO5/c1-23-16-9-8-13(12-17(16)24-2)10-11-20-18(21)14-6-4-5-7-15(14)19(22)25-3/h4-9,12H,10-11H2,1-3H3,(H,20,21). The molecule has 0 heterocycles. The van der Waals surface area contributed by atoms with E-state index in [1.54, 1.807) is 38.5 Å². The highest BCUT2D eigenvalue weighted by atomic mass is 16.5. The molecule has 0 atom stereocenters. The number of benzene rings is 2. The molecule has 6 heteroatoms. The van der Waals surface area contributed by atoms with Gasteiger partial charge in [0, 0.05) is 6.54 Å². The van der Waals surface area contributed by atoms with E-state index >= 15 is 0 Å². The number of hydrogen-bond donors (Lipinski definition) is 1. The lowest BCUT2D eigenvalue weighted by Gasteiger charge is -2.11. The van der Waals surface area contributed by atoms with Crippen molar-refractivity contribution < 1.29 is 23.8 Å². The third-order valence-corrected chi connectivity index (χ3v) is 3.72. The van der Waals surface area contributed by atoms with Crippen molar-refractivity contribution in [1.29, 1.82) is 0 Å². The fourth-order valence-electron chi connectivity index (χ4n) is 2.42. The summed E-state index contributed by atoms with van der Waals surface area (Å²) in [6, 6.07) is 12.2. The fraction of sp³-hybridized carbons (Fsp3) is 0.263. The van der Waals surface area contributed by atoms with Gasteiger partial charge in [-0.1, -0.05) is 18.2 Å². The van der Waals surface area contributed by atoms with Gasteiger partial charge in [-0.2, -0.15) is 0 Å². The number of rotatable bonds is 7. The van der Waals surface area contributed by atoms with Crippen LogP contribution in [0.4, 0.5) is 0 Å². The number of hydrogen-bond acceptors (Lipinski definition) is 5. The Kier molecular flexibility index (Phi) is 6.39. The van der Waals surface area contributed by atoms with Gasteiger partial charge in [0.25, 0.3) is 5.91 Å². The predicted molar refractivity (Wildman–Crippen MR) is 93.4 cm³/mol. The number of carbonyl (C=O) groups excluding carboxylic acids is 2. The zero-order valence-electron chi connectivity index (χ0n) is 14.5. The van der Waals surface area contributed by atoms with Gasteiger partial charge < -0.3 is 19.5 Å². The van der Waals surface area contributed by atoms with Gasteiger partial charge in [-0.05, 0) is 36.2 Å². The van der Waals surface area contributed by atoms with Crippen LogP contribution in [-0.4, -0.2) is 39.8 Å². The van der Waals surface area contributed by atoms with Crippen molar-refractivity contribution in [2.75, 3.05) is 27.9 Å². The fourth-order valence-corrected chi connectivity index (χ4v) is 2.42. The molecule has 0 aliphatic rings. The van der Waals surface area contributed by atoms with Gasteiger partial charge in [-0.25, -0.2) is 4.79 Å². The molecule has 1 amide bonds. The molecule has 0 fully saturated rings. The number of nitrogens with one attached hydrogen (secondary N) is 1. The lowest BCUT2D eigenvalue weighted by Crippen LogP contribution is -2.27. The summed E-state index contributed by atoms with van der Waals surface area (Å²) in [6.07, 6.45) is 0.618. The summed E-state index contributed by atoms with van der Waals surface area (Å²) in [5.41, 5.74) is 1.54. The Morgan fingerprint density at radius 2 is 1.60 bits per heavy atom. The van der Waals surface area contributed by atoms with Crippen LogP contribution in [0, 0.1) is 0 Å². The highest BCUT2D eigenvalue weighted by Crippen LogP contribution is 2.27. The zero-order chi connectivity index (χ0) is 18.2. The van der Waals surface area contributed by atoms with Crippen LogP contribution in [0.15, 0.2) is 42.5 Å². The van der Waals surface area contributed by atoms with Gasteiger partial charge in [-0.3, -0.25) is 4.79 Å². The SMILES string of the molecule is COC(=O)c1ccccc1C(=O)NCCc1ccc(OC)c(OC)c1. The number of amides is 1. The second-order valence-electron chi connectivity index (χ2n) is 5.23. The summed E-state index contributed by atoms with van der Waals surface area (Å²) in [5.74, 6) is 0.441. The summed E-state index contributed by atoms with van der Waals surface area (Å²) >= 11 is 0. The third-order valence-electron chi connectivity index (χ3n) is 3.72. The van der Waals surface area contributed by atoms with E-state index in [1.165, 1.54) is 7.11 Å². The second-order valence-corrected chi connectivity index (χ2v) is 5.23. The van der Waals surface area contributed by atoms with Crippen LogP contribution in [0.5, 0.6) is 11.5 Å². The Labute approximate surface area is 146 Å². The highest BCUT2D eigenvalue weighted by Gasteiger charge is 2.16. The van der Waals surface area contributed by atoms with Crippen LogP contribution in [-0.2, 0) is 11.2 Å². The van der Waals surface area contributed by atoms with E-state index in [9.17, 15) is 9.59 Å². The predicted octanol–water partition coefficient (Wildman–Crippen LogP) is 2.46. The summed E-state index contributed by atoms with van der Waals surface area (Å²) in [7, 11) is 4.44. The van der Waals surface area contributed by atoms with Gasteiger partial charge in [0.1, 0.15) is 0 Å². The average Bonchev–Trinajstić information content (AvgIpc) is 2.67. The highest BCUT2D eigenvalue weighted by molar-refractivity contribution is 6.05. The maximum atomic E-state index is 12.3. The quantitative estimate of drug-likeness (QED) is 0.782. The van der Waals surface area contributed by atoms with Crippen molar-refractivity contribution in [2.24, 2.45) is 0 Å². The molecule has 1 N–H and O–H groups in total. The Morgan fingerprint density at radius 3 is 2.24 bits per heavy atom. The molecule has 2 aromatic rings. The van der Waals surface area contributed by atoms with Crippen LogP contribution in [0.2, 0.25) is 0 Å². The molecule has 0 bridgehead atoms. The molecule has 25 heavy (non-hydrogen) atoms.